The molecule has 1 aliphatic heterocycles. The second kappa shape index (κ2) is 12.4. The van der Waals surface area contributed by atoms with Crippen molar-refractivity contribution >= 4 is 57.1 Å². The number of para-hydroxylation sites is 2. The number of rotatable bonds is 9. The Balaban J connectivity index is 1.57. The number of hydrogen-bond donors (Lipinski definition) is 2. The Bertz CT molecular complexity index is 1510. The lowest BCUT2D eigenvalue weighted by molar-refractivity contribution is -0.122. The van der Waals surface area contributed by atoms with E-state index in [0.29, 0.717) is 21.5 Å². The summed E-state index contributed by atoms with van der Waals surface area (Å²) in [6, 6.07) is 13.7. The predicted octanol–water partition coefficient (Wildman–Crippen LogP) is 4.68. The van der Waals surface area contributed by atoms with Gasteiger partial charge in [-0.05, 0) is 83.0 Å². The molecule has 4 rings (SSSR count). The highest BCUT2D eigenvalue weighted by Crippen LogP contribution is 2.38. The first kappa shape index (κ1) is 28.3. The fourth-order valence-electron chi connectivity index (χ4n) is 3.79. The van der Waals surface area contributed by atoms with Crippen LogP contribution in [0.1, 0.15) is 12.5 Å². The lowest BCUT2D eigenvalue weighted by atomic mass is 10.1. The molecule has 1 aliphatic rings. The molecule has 3 aromatic rings. The molecule has 0 aliphatic carbocycles. The molecule has 3 aromatic carbocycles. The molecule has 0 atom stereocenters. The zero-order valence-electron chi connectivity index (χ0n) is 21.3. The predicted molar refractivity (Wildman–Crippen MR) is 148 cm³/mol. The topological polar surface area (TPSA) is 123 Å². The van der Waals surface area contributed by atoms with Crippen molar-refractivity contribution in [1.82, 2.24) is 5.32 Å². The van der Waals surface area contributed by atoms with E-state index >= 15 is 0 Å². The molecule has 206 valence electrons. The van der Waals surface area contributed by atoms with Crippen molar-refractivity contribution in [3.8, 4) is 17.2 Å². The molecule has 0 radical (unpaired) electrons. The maximum Gasteiger partial charge on any atom is 0.335 e. The lowest BCUT2D eigenvalue weighted by Gasteiger charge is -2.26. The molecule has 1 heterocycles. The van der Waals surface area contributed by atoms with Crippen LogP contribution in [-0.2, 0) is 14.4 Å². The van der Waals surface area contributed by atoms with Crippen molar-refractivity contribution < 1.29 is 37.8 Å². The van der Waals surface area contributed by atoms with Gasteiger partial charge in [0.1, 0.15) is 17.1 Å². The highest BCUT2D eigenvalue weighted by Gasteiger charge is 2.37. The van der Waals surface area contributed by atoms with Crippen LogP contribution in [0.4, 0.5) is 20.6 Å². The molecule has 5 amide bonds. The summed E-state index contributed by atoms with van der Waals surface area (Å²) in [4.78, 5) is 51.3. The van der Waals surface area contributed by atoms with Gasteiger partial charge in [0.15, 0.2) is 18.1 Å². The number of carbonyl (C=O) groups is 4. The molecule has 1 saturated heterocycles. The van der Waals surface area contributed by atoms with E-state index in [1.165, 1.54) is 31.4 Å². The number of urea groups is 1. The van der Waals surface area contributed by atoms with Gasteiger partial charge in [-0.3, -0.25) is 19.7 Å². The third-order valence-electron chi connectivity index (χ3n) is 5.56. The van der Waals surface area contributed by atoms with Crippen LogP contribution in [0.5, 0.6) is 17.2 Å². The number of methoxy groups -OCH3 is 1. The van der Waals surface area contributed by atoms with Crippen LogP contribution in [0.25, 0.3) is 6.08 Å². The van der Waals surface area contributed by atoms with Gasteiger partial charge in [-0.25, -0.2) is 14.1 Å². The quantitative estimate of drug-likeness (QED) is 0.266. The van der Waals surface area contributed by atoms with Gasteiger partial charge in [0.05, 0.1) is 29.6 Å². The number of imide groups is 2. The van der Waals surface area contributed by atoms with Crippen molar-refractivity contribution in [3.63, 3.8) is 0 Å². The Labute approximate surface area is 236 Å². The number of anilines is 2. The standard InChI is InChI=1S/C28H23BrFN3O7/c1-3-39-23-14-16(12-19-26(35)32-28(37)33(27(19)36)18-10-8-17(30)9-11-18)13-20(29)25(23)40-15-24(34)31-21-6-4-5-7-22(21)38-2/h4-14H,3,15H2,1-2H3,(H,31,34)(H,32,35,37)/b19-12+. The van der Waals surface area contributed by atoms with Gasteiger partial charge in [0.25, 0.3) is 17.7 Å². The number of nitrogens with one attached hydrogen (secondary N) is 2. The number of barbiturate groups is 1. The number of amides is 5. The van der Waals surface area contributed by atoms with Crippen LogP contribution in [-0.4, -0.2) is 44.1 Å². The van der Waals surface area contributed by atoms with Gasteiger partial charge in [0.2, 0.25) is 0 Å². The minimum absolute atomic E-state index is 0.0913. The molecule has 0 unspecified atom stereocenters. The summed E-state index contributed by atoms with van der Waals surface area (Å²) >= 11 is 3.40. The second-order valence-electron chi connectivity index (χ2n) is 8.23. The largest absolute Gasteiger partial charge is 0.495 e. The molecule has 40 heavy (non-hydrogen) atoms. The third kappa shape index (κ3) is 6.29. The van der Waals surface area contributed by atoms with Gasteiger partial charge in [0, 0.05) is 0 Å². The van der Waals surface area contributed by atoms with E-state index in [9.17, 15) is 23.6 Å². The average molecular weight is 612 g/mol. The number of benzene rings is 3. The van der Waals surface area contributed by atoms with Gasteiger partial charge in [-0.15, -0.1) is 0 Å². The van der Waals surface area contributed by atoms with Gasteiger partial charge in [-0.2, -0.15) is 0 Å². The second-order valence-corrected chi connectivity index (χ2v) is 9.09. The first-order valence-electron chi connectivity index (χ1n) is 11.9. The highest BCUT2D eigenvalue weighted by molar-refractivity contribution is 9.10. The first-order valence-corrected chi connectivity index (χ1v) is 12.7. The maximum atomic E-state index is 13.4. The number of ether oxygens (including phenoxy) is 3. The molecule has 1 fully saturated rings. The molecular weight excluding hydrogens is 589 g/mol. The fourth-order valence-corrected chi connectivity index (χ4v) is 4.37. The van der Waals surface area contributed by atoms with E-state index in [4.69, 9.17) is 14.2 Å². The minimum atomic E-state index is -0.954. The van der Waals surface area contributed by atoms with E-state index in [-0.39, 0.29) is 36.0 Å². The smallest absolute Gasteiger partial charge is 0.335 e. The Morgan fingerprint density at radius 3 is 2.48 bits per heavy atom. The molecule has 0 saturated carbocycles. The molecule has 2 N–H and O–H groups in total. The van der Waals surface area contributed by atoms with E-state index in [1.54, 1.807) is 37.3 Å². The van der Waals surface area contributed by atoms with Gasteiger partial charge in [-0.1, -0.05) is 12.1 Å². The molecule has 10 nitrogen and oxygen atoms in total. The van der Waals surface area contributed by atoms with Crippen LogP contribution in [0, 0.1) is 5.82 Å². The maximum absolute atomic E-state index is 13.4. The number of hydrogen-bond acceptors (Lipinski definition) is 7. The summed E-state index contributed by atoms with van der Waals surface area (Å²) < 4.78 is 30.4. The van der Waals surface area contributed by atoms with Crippen LogP contribution in [0.3, 0.4) is 0 Å². The van der Waals surface area contributed by atoms with Gasteiger partial charge >= 0.3 is 6.03 Å². The summed E-state index contributed by atoms with van der Waals surface area (Å²) in [5, 5.41) is 4.83. The van der Waals surface area contributed by atoms with E-state index in [1.807, 2.05) is 0 Å². The zero-order chi connectivity index (χ0) is 28.8. The first-order chi connectivity index (χ1) is 19.2. The van der Waals surface area contributed by atoms with Crippen molar-refractivity contribution in [2.45, 2.75) is 6.92 Å². The molecule has 0 spiro atoms. The fraction of sp³-hybridized carbons (Fsp3) is 0.143. The molecule has 0 bridgehead atoms. The van der Waals surface area contributed by atoms with Crippen LogP contribution < -0.4 is 29.7 Å². The van der Waals surface area contributed by atoms with Gasteiger partial charge < -0.3 is 19.5 Å². The summed E-state index contributed by atoms with van der Waals surface area (Å²) in [7, 11) is 1.49. The monoisotopic (exact) mass is 611 g/mol. The lowest BCUT2D eigenvalue weighted by Crippen LogP contribution is -2.54. The van der Waals surface area contributed by atoms with Crippen molar-refractivity contribution in [1.29, 1.82) is 0 Å². The third-order valence-corrected chi connectivity index (χ3v) is 6.15. The Morgan fingerprint density at radius 2 is 1.77 bits per heavy atom. The molecule has 12 heteroatoms. The van der Waals surface area contributed by atoms with Crippen molar-refractivity contribution in [2.75, 3.05) is 30.5 Å². The summed E-state index contributed by atoms with van der Waals surface area (Å²) in [5.74, 6) is -1.82. The summed E-state index contributed by atoms with van der Waals surface area (Å²) in [6.45, 7) is 1.65. The number of carbonyl (C=O) groups excluding carboxylic acids is 4. The van der Waals surface area contributed by atoms with Crippen molar-refractivity contribution in [3.05, 3.63) is 82.1 Å². The molecular formula is C28H23BrFN3O7. The highest BCUT2D eigenvalue weighted by atomic mass is 79.9. The Morgan fingerprint density at radius 1 is 1.05 bits per heavy atom. The van der Waals surface area contributed by atoms with E-state index in [2.05, 4.69) is 26.6 Å². The minimum Gasteiger partial charge on any atom is -0.495 e. The normalized spacial score (nSPS) is 14.2. The Kier molecular flexibility index (Phi) is 8.80. The zero-order valence-corrected chi connectivity index (χ0v) is 22.9. The Hall–Kier alpha value is -4.71. The number of halogens is 2. The van der Waals surface area contributed by atoms with E-state index in [0.717, 1.165) is 17.0 Å². The summed E-state index contributed by atoms with van der Waals surface area (Å²) in [5.41, 5.74) is 0.609. The van der Waals surface area contributed by atoms with E-state index < -0.39 is 29.6 Å². The van der Waals surface area contributed by atoms with Crippen LogP contribution in [0.15, 0.2) is 70.7 Å². The van der Waals surface area contributed by atoms with Crippen LogP contribution in [0.2, 0.25) is 0 Å². The molecule has 0 aromatic heterocycles. The SMILES string of the molecule is CCOc1cc(/C=C2\C(=O)NC(=O)N(c3ccc(F)cc3)C2=O)cc(Br)c1OCC(=O)Nc1ccccc1OC. The average Bonchev–Trinajstić information content (AvgIpc) is 2.92. The van der Waals surface area contributed by atoms with Crippen LogP contribution >= 0.6 is 15.9 Å². The van der Waals surface area contributed by atoms with Crippen molar-refractivity contribution in [2.24, 2.45) is 0 Å². The summed E-state index contributed by atoms with van der Waals surface area (Å²) in [6.07, 6.45) is 1.28. The number of nitrogens with zero attached hydrogens (tertiary/aromatic N) is 1.